The van der Waals surface area contributed by atoms with Crippen LogP contribution in [0.1, 0.15) is 0 Å². The SMILES string of the molecule is c1ccc(-c2nc(-c3ccc4sc(-c5ccccc5)nc4c3)nc(-c3ccc4c(c3)c3ccccc3n4-c3ccccc3)n2)cc1. The van der Waals surface area contributed by atoms with E-state index in [1.807, 2.05) is 54.6 Å². The summed E-state index contributed by atoms with van der Waals surface area (Å²) < 4.78 is 3.44. The van der Waals surface area contributed by atoms with Gasteiger partial charge in [-0.2, -0.15) is 0 Å². The minimum absolute atomic E-state index is 0.617. The molecule has 6 aromatic carbocycles. The molecule has 0 unspecified atom stereocenters. The molecule has 0 bridgehead atoms. The number of rotatable bonds is 5. The summed E-state index contributed by atoms with van der Waals surface area (Å²) in [5, 5.41) is 3.33. The van der Waals surface area contributed by atoms with E-state index in [-0.39, 0.29) is 0 Å². The average Bonchev–Trinajstić information content (AvgIpc) is 3.71. The molecular weight excluding hydrogens is 583 g/mol. The highest BCUT2D eigenvalue weighted by Gasteiger charge is 2.17. The molecule has 3 heterocycles. The predicted octanol–water partition coefficient (Wildman–Crippen LogP) is 10.2. The molecule has 0 aliphatic carbocycles. The van der Waals surface area contributed by atoms with E-state index < -0.39 is 0 Å². The molecule has 216 valence electrons. The first-order chi connectivity index (χ1) is 22.8. The fourth-order valence-corrected chi connectivity index (χ4v) is 7.04. The first kappa shape index (κ1) is 26.4. The average molecular weight is 608 g/mol. The largest absolute Gasteiger partial charge is 0.309 e. The predicted molar refractivity (Wildman–Crippen MR) is 189 cm³/mol. The monoisotopic (exact) mass is 607 g/mol. The van der Waals surface area contributed by atoms with Crippen molar-refractivity contribution in [2.45, 2.75) is 0 Å². The van der Waals surface area contributed by atoms with Gasteiger partial charge in [-0.05, 0) is 54.6 Å². The van der Waals surface area contributed by atoms with Gasteiger partial charge in [0.05, 0.1) is 21.3 Å². The lowest BCUT2D eigenvalue weighted by molar-refractivity contribution is 1.07. The Bertz CT molecular complexity index is 2520. The summed E-state index contributed by atoms with van der Waals surface area (Å²) in [6.45, 7) is 0. The molecule has 9 aromatic rings. The van der Waals surface area contributed by atoms with Gasteiger partial charge in [-0.3, -0.25) is 0 Å². The van der Waals surface area contributed by atoms with Crippen LogP contribution in [-0.4, -0.2) is 24.5 Å². The van der Waals surface area contributed by atoms with Crippen molar-refractivity contribution in [2.24, 2.45) is 0 Å². The van der Waals surface area contributed by atoms with Crippen molar-refractivity contribution in [2.75, 3.05) is 0 Å². The van der Waals surface area contributed by atoms with E-state index in [2.05, 4.69) is 102 Å². The van der Waals surface area contributed by atoms with Gasteiger partial charge in [-0.25, -0.2) is 19.9 Å². The summed E-state index contributed by atoms with van der Waals surface area (Å²) in [6.07, 6.45) is 0. The van der Waals surface area contributed by atoms with Crippen LogP contribution in [0.3, 0.4) is 0 Å². The lowest BCUT2D eigenvalue weighted by Crippen LogP contribution is -2.00. The van der Waals surface area contributed by atoms with E-state index in [0.717, 1.165) is 59.6 Å². The number of hydrogen-bond acceptors (Lipinski definition) is 5. The summed E-state index contributed by atoms with van der Waals surface area (Å²) in [4.78, 5) is 20.0. The first-order valence-corrected chi connectivity index (χ1v) is 16.0. The molecule has 0 radical (unpaired) electrons. The van der Waals surface area contributed by atoms with Gasteiger partial charge in [0, 0.05) is 38.7 Å². The smallest absolute Gasteiger partial charge is 0.164 e. The van der Waals surface area contributed by atoms with Crippen LogP contribution in [0.4, 0.5) is 0 Å². The molecule has 0 saturated heterocycles. The van der Waals surface area contributed by atoms with Gasteiger partial charge >= 0.3 is 0 Å². The van der Waals surface area contributed by atoms with Crippen molar-refractivity contribution < 1.29 is 0 Å². The van der Waals surface area contributed by atoms with Crippen LogP contribution in [0.5, 0.6) is 0 Å². The number of nitrogens with zero attached hydrogens (tertiary/aromatic N) is 5. The van der Waals surface area contributed by atoms with Crippen molar-refractivity contribution in [3.8, 4) is 50.4 Å². The number of hydrogen-bond donors (Lipinski definition) is 0. The highest BCUT2D eigenvalue weighted by atomic mass is 32.1. The van der Waals surface area contributed by atoms with Crippen LogP contribution in [0.2, 0.25) is 0 Å². The molecule has 5 nitrogen and oxygen atoms in total. The van der Waals surface area contributed by atoms with Crippen molar-refractivity contribution >= 4 is 43.4 Å². The quantitative estimate of drug-likeness (QED) is 0.195. The number of aromatic nitrogens is 5. The van der Waals surface area contributed by atoms with Gasteiger partial charge in [0.25, 0.3) is 0 Å². The second-order valence-corrected chi connectivity index (χ2v) is 12.2. The van der Waals surface area contributed by atoms with Gasteiger partial charge in [-0.15, -0.1) is 11.3 Å². The van der Waals surface area contributed by atoms with Crippen LogP contribution in [-0.2, 0) is 0 Å². The number of para-hydroxylation sites is 2. The Labute approximate surface area is 269 Å². The topological polar surface area (TPSA) is 56.5 Å². The number of thiazole rings is 1. The van der Waals surface area contributed by atoms with Gasteiger partial charge in [0.15, 0.2) is 17.5 Å². The molecule has 46 heavy (non-hydrogen) atoms. The minimum atomic E-state index is 0.617. The third-order valence-electron chi connectivity index (χ3n) is 8.28. The molecule has 0 aliphatic rings. The van der Waals surface area contributed by atoms with Gasteiger partial charge < -0.3 is 4.57 Å². The van der Waals surface area contributed by atoms with Crippen molar-refractivity contribution in [1.82, 2.24) is 24.5 Å². The van der Waals surface area contributed by atoms with Gasteiger partial charge in [0.2, 0.25) is 0 Å². The zero-order valence-electron chi connectivity index (χ0n) is 24.6. The molecule has 9 rings (SSSR count). The Hall–Kier alpha value is -5.98. The van der Waals surface area contributed by atoms with E-state index in [9.17, 15) is 0 Å². The van der Waals surface area contributed by atoms with Crippen LogP contribution in [0.15, 0.2) is 152 Å². The summed E-state index contributed by atoms with van der Waals surface area (Å²) in [5.41, 5.74) is 8.25. The number of fused-ring (bicyclic) bond motifs is 4. The molecule has 0 aliphatic heterocycles. The van der Waals surface area contributed by atoms with E-state index in [0.29, 0.717) is 17.5 Å². The Morgan fingerprint density at radius 2 is 0.978 bits per heavy atom. The van der Waals surface area contributed by atoms with E-state index in [1.54, 1.807) is 11.3 Å². The maximum Gasteiger partial charge on any atom is 0.164 e. The molecule has 0 amide bonds. The second kappa shape index (κ2) is 10.9. The Morgan fingerprint density at radius 1 is 0.413 bits per heavy atom. The van der Waals surface area contributed by atoms with E-state index in [1.165, 1.54) is 5.39 Å². The molecule has 0 spiro atoms. The second-order valence-electron chi connectivity index (χ2n) is 11.2. The fraction of sp³-hybridized carbons (Fsp3) is 0. The normalized spacial score (nSPS) is 11.5. The highest BCUT2D eigenvalue weighted by molar-refractivity contribution is 7.21. The zero-order chi connectivity index (χ0) is 30.5. The van der Waals surface area contributed by atoms with Crippen LogP contribution in [0.25, 0.3) is 82.4 Å². The summed E-state index contributed by atoms with van der Waals surface area (Å²) in [7, 11) is 0. The van der Waals surface area contributed by atoms with Crippen LogP contribution < -0.4 is 0 Å². The molecule has 0 saturated carbocycles. The summed E-state index contributed by atoms with van der Waals surface area (Å²) in [6, 6.07) is 52.2. The Kier molecular flexibility index (Phi) is 6.25. The maximum atomic E-state index is 5.07. The fourth-order valence-electron chi connectivity index (χ4n) is 6.09. The van der Waals surface area contributed by atoms with E-state index >= 15 is 0 Å². The van der Waals surface area contributed by atoms with Crippen molar-refractivity contribution in [3.05, 3.63) is 152 Å². The lowest BCUT2D eigenvalue weighted by Gasteiger charge is -2.10. The van der Waals surface area contributed by atoms with E-state index in [4.69, 9.17) is 19.9 Å². The van der Waals surface area contributed by atoms with Crippen LogP contribution >= 0.6 is 11.3 Å². The maximum absolute atomic E-state index is 5.07. The third-order valence-corrected chi connectivity index (χ3v) is 9.36. The summed E-state index contributed by atoms with van der Waals surface area (Å²) in [5.74, 6) is 1.88. The molecule has 3 aromatic heterocycles. The van der Waals surface area contributed by atoms with Crippen molar-refractivity contribution in [3.63, 3.8) is 0 Å². The molecule has 0 atom stereocenters. The van der Waals surface area contributed by atoms with Crippen molar-refractivity contribution in [1.29, 1.82) is 0 Å². The molecule has 0 N–H and O–H groups in total. The molecule has 0 fully saturated rings. The zero-order valence-corrected chi connectivity index (χ0v) is 25.4. The summed E-state index contributed by atoms with van der Waals surface area (Å²) >= 11 is 1.69. The first-order valence-electron chi connectivity index (χ1n) is 15.2. The standard InChI is InChI=1S/C40H25N5S/c1-4-12-26(13-5-1)37-42-38(44-39(43-37)29-21-23-36-33(25-29)41-40(46-36)27-14-6-2-7-15-27)28-20-22-35-32(24-28)31-18-10-11-19-34(31)45(35)30-16-8-3-9-17-30/h1-25H. The third kappa shape index (κ3) is 4.55. The Morgan fingerprint density at radius 3 is 1.72 bits per heavy atom. The molecular formula is C40H25N5S. The van der Waals surface area contributed by atoms with Gasteiger partial charge in [0.1, 0.15) is 5.01 Å². The highest BCUT2D eigenvalue weighted by Crippen LogP contribution is 2.36. The van der Waals surface area contributed by atoms with Crippen LogP contribution in [0, 0.1) is 0 Å². The number of benzene rings is 6. The van der Waals surface area contributed by atoms with Gasteiger partial charge in [-0.1, -0.05) is 97.1 Å². The lowest BCUT2D eigenvalue weighted by atomic mass is 10.1. The minimum Gasteiger partial charge on any atom is -0.309 e. The molecule has 6 heteroatoms. The Balaban J connectivity index is 1.22.